The number of carboxylic acids is 1. The molecular weight excluding hydrogens is 290 g/mol. The van der Waals surface area contributed by atoms with Gasteiger partial charge in [-0.15, -0.1) is 5.10 Å². The van der Waals surface area contributed by atoms with Gasteiger partial charge in [0.05, 0.1) is 17.6 Å². The lowest BCUT2D eigenvalue weighted by molar-refractivity contribution is 0.0697. The molecule has 0 saturated heterocycles. The molecule has 5 nitrogen and oxygen atoms in total. The quantitative estimate of drug-likeness (QED) is 0.630. The molecule has 1 N–H and O–H groups in total. The first-order valence-corrected chi connectivity index (χ1v) is 7.25. The number of fused-ring (bicyclic) bond motifs is 2. The molecule has 0 spiro atoms. The van der Waals surface area contributed by atoms with Gasteiger partial charge in [0, 0.05) is 0 Å². The average Bonchev–Trinajstić information content (AvgIpc) is 2.95. The minimum atomic E-state index is -0.922. The summed E-state index contributed by atoms with van der Waals surface area (Å²) in [7, 11) is 0. The molecule has 0 saturated carbocycles. The summed E-state index contributed by atoms with van der Waals surface area (Å²) in [5, 5.41) is 19.7. The first-order chi connectivity index (χ1) is 11.2. The van der Waals surface area contributed by atoms with Crippen LogP contribution in [0.1, 0.15) is 15.9 Å². The Hall–Kier alpha value is -3.21. The Morgan fingerprint density at radius 1 is 1.00 bits per heavy atom. The molecule has 0 aliphatic carbocycles. The van der Waals surface area contributed by atoms with Crippen LogP contribution in [0.3, 0.4) is 0 Å². The summed E-state index contributed by atoms with van der Waals surface area (Å²) in [6.07, 6.45) is 0. The van der Waals surface area contributed by atoms with E-state index in [0.29, 0.717) is 6.54 Å². The van der Waals surface area contributed by atoms with E-state index in [4.69, 9.17) is 5.11 Å². The first kappa shape index (κ1) is 13.5. The van der Waals surface area contributed by atoms with E-state index in [1.807, 2.05) is 22.9 Å². The molecule has 112 valence electrons. The van der Waals surface area contributed by atoms with Crippen LogP contribution in [-0.4, -0.2) is 26.1 Å². The van der Waals surface area contributed by atoms with E-state index in [-0.39, 0.29) is 5.56 Å². The number of aromatic nitrogens is 3. The number of aromatic carboxylic acids is 1. The maximum atomic E-state index is 10.9. The number of carboxylic acid groups (broad SMARTS) is 1. The number of benzene rings is 3. The lowest BCUT2D eigenvalue weighted by atomic mass is 10.1. The molecule has 0 atom stereocenters. The van der Waals surface area contributed by atoms with E-state index < -0.39 is 5.97 Å². The maximum Gasteiger partial charge on any atom is 0.335 e. The molecule has 0 amide bonds. The molecule has 0 aliphatic heterocycles. The third kappa shape index (κ3) is 2.42. The lowest BCUT2D eigenvalue weighted by Crippen LogP contribution is -2.03. The van der Waals surface area contributed by atoms with Crippen LogP contribution >= 0.6 is 0 Å². The van der Waals surface area contributed by atoms with Crippen molar-refractivity contribution in [1.29, 1.82) is 0 Å². The predicted octanol–water partition coefficient (Wildman–Crippen LogP) is 3.33. The fourth-order valence-electron chi connectivity index (χ4n) is 2.70. The topological polar surface area (TPSA) is 68.0 Å². The van der Waals surface area contributed by atoms with E-state index in [0.717, 1.165) is 27.4 Å². The fraction of sp³-hybridized carbons (Fsp3) is 0.0556. The summed E-state index contributed by atoms with van der Waals surface area (Å²) in [6.45, 7) is 0.550. The largest absolute Gasteiger partial charge is 0.478 e. The summed E-state index contributed by atoms with van der Waals surface area (Å²) in [6, 6.07) is 19.0. The Kier molecular flexibility index (Phi) is 3.05. The van der Waals surface area contributed by atoms with Crippen molar-refractivity contribution in [1.82, 2.24) is 15.0 Å². The highest BCUT2D eigenvalue weighted by Gasteiger charge is 2.08. The third-order valence-electron chi connectivity index (χ3n) is 3.91. The van der Waals surface area contributed by atoms with E-state index >= 15 is 0 Å². The van der Waals surface area contributed by atoms with Crippen molar-refractivity contribution in [2.75, 3.05) is 0 Å². The first-order valence-electron chi connectivity index (χ1n) is 7.25. The van der Waals surface area contributed by atoms with Crippen molar-refractivity contribution in [3.63, 3.8) is 0 Å². The number of nitrogens with zero attached hydrogens (tertiary/aromatic N) is 3. The van der Waals surface area contributed by atoms with Gasteiger partial charge in [-0.3, -0.25) is 0 Å². The van der Waals surface area contributed by atoms with Crippen LogP contribution < -0.4 is 0 Å². The SMILES string of the molecule is O=C(O)c1ccc(Cn2nnc3cc4ccccc4cc32)cc1. The molecule has 5 heteroatoms. The van der Waals surface area contributed by atoms with E-state index in [1.165, 1.54) is 0 Å². The Morgan fingerprint density at radius 2 is 1.70 bits per heavy atom. The van der Waals surface area contributed by atoms with Gasteiger partial charge in [0.25, 0.3) is 0 Å². The van der Waals surface area contributed by atoms with Crippen molar-refractivity contribution >= 4 is 27.8 Å². The van der Waals surface area contributed by atoms with E-state index in [2.05, 4.69) is 28.5 Å². The highest BCUT2D eigenvalue weighted by Crippen LogP contribution is 2.21. The number of carbonyl (C=O) groups is 1. The molecule has 0 bridgehead atoms. The van der Waals surface area contributed by atoms with Crippen LogP contribution in [0.2, 0.25) is 0 Å². The zero-order chi connectivity index (χ0) is 15.8. The summed E-state index contributed by atoms with van der Waals surface area (Å²) >= 11 is 0. The predicted molar refractivity (Wildman–Crippen MR) is 87.5 cm³/mol. The highest BCUT2D eigenvalue weighted by atomic mass is 16.4. The Labute approximate surface area is 131 Å². The van der Waals surface area contributed by atoms with Crippen LogP contribution in [0, 0.1) is 0 Å². The molecule has 4 aromatic rings. The maximum absolute atomic E-state index is 10.9. The summed E-state index contributed by atoms with van der Waals surface area (Å²) in [5.41, 5.74) is 3.08. The molecule has 1 heterocycles. The monoisotopic (exact) mass is 303 g/mol. The zero-order valence-electron chi connectivity index (χ0n) is 12.2. The minimum absolute atomic E-state index is 0.281. The molecule has 1 aromatic heterocycles. The number of hydrogen-bond donors (Lipinski definition) is 1. The Balaban J connectivity index is 1.73. The highest BCUT2D eigenvalue weighted by molar-refractivity contribution is 5.94. The molecule has 23 heavy (non-hydrogen) atoms. The van der Waals surface area contributed by atoms with Gasteiger partial charge >= 0.3 is 5.97 Å². The lowest BCUT2D eigenvalue weighted by Gasteiger charge is -2.04. The summed E-state index contributed by atoms with van der Waals surface area (Å²) < 4.78 is 1.83. The molecule has 0 radical (unpaired) electrons. The minimum Gasteiger partial charge on any atom is -0.478 e. The van der Waals surface area contributed by atoms with Gasteiger partial charge in [0.1, 0.15) is 5.52 Å². The van der Waals surface area contributed by atoms with E-state index in [1.54, 1.807) is 24.3 Å². The van der Waals surface area contributed by atoms with Gasteiger partial charge in [-0.05, 0) is 40.6 Å². The number of rotatable bonds is 3. The number of hydrogen-bond acceptors (Lipinski definition) is 3. The molecule has 0 fully saturated rings. The van der Waals surface area contributed by atoms with Gasteiger partial charge in [-0.25, -0.2) is 9.48 Å². The summed E-state index contributed by atoms with van der Waals surface area (Å²) in [5.74, 6) is -0.922. The normalized spacial score (nSPS) is 11.1. The van der Waals surface area contributed by atoms with Crippen LogP contribution in [-0.2, 0) is 6.54 Å². The van der Waals surface area contributed by atoms with Gasteiger partial charge in [-0.2, -0.15) is 0 Å². The van der Waals surface area contributed by atoms with Crippen molar-refractivity contribution in [3.05, 3.63) is 71.8 Å². The van der Waals surface area contributed by atoms with Gasteiger partial charge in [-0.1, -0.05) is 41.6 Å². The van der Waals surface area contributed by atoms with E-state index in [9.17, 15) is 4.79 Å². The standard InChI is InChI=1S/C18H13N3O2/c22-18(23)13-7-5-12(6-8-13)11-21-17-10-15-4-2-1-3-14(15)9-16(17)19-20-21/h1-10H,11H2,(H,22,23). The van der Waals surface area contributed by atoms with Crippen molar-refractivity contribution < 1.29 is 9.90 Å². The molecule has 0 aliphatic rings. The van der Waals surface area contributed by atoms with Crippen LogP contribution in [0.15, 0.2) is 60.7 Å². The second-order valence-electron chi connectivity index (χ2n) is 5.44. The van der Waals surface area contributed by atoms with Crippen LogP contribution in [0.4, 0.5) is 0 Å². The van der Waals surface area contributed by atoms with Crippen molar-refractivity contribution in [2.45, 2.75) is 6.54 Å². The second kappa shape index (κ2) is 5.21. The molecule has 3 aromatic carbocycles. The molecule has 0 unspecified atom stereocenters. The van der Waals surface area contributed by atoms with Crippen LogP contribution in [0.5, 0.6) is 0 Å². The van der Waals surface area contributed by atoms with Gasteiger partial charge < -0.3 is 5.11 Å². The second-order valence-corrected chi connectivity index (χ2v) is 5.44. The van der Waals surface area contributed by atoms with Gasteiger partial charge in [0.2, 0.25) is 0 Å². The van der Waals surface area contributed by atoms with Gasteiger partial charge in [0.15, 0.2) is 0 Å². The Morgan fingerprint density at radius 3 is 2.39 bits per heavy atom. The molecular formula is C18H13N3O2. The van der Waals surface area contributed by atoms with Crippen LogP contribution in [0.25, 0.3) is 21.8 Å². The molecule has 4 rings (SSSR count). The smallest absolute Gasteiger partial charge is 0.335 e. The van der Waals surface area contributed by atoms with Crippen molar-refractivity contribution in [2.24, 2.45) is 0 Å². The fourth-order valence-corrected chi connectivity index (χ4v) is 2.70. The third-order valence-corrected chi connectivity index (χ3v) is 3.91. The zero-order valence-corrected chi connectivity index (χ0v) is 12.2. The Bertz CT molecular complexity index is 1020. The van der Waals surface area contributed by atoms with Crippen molar-refractivity contribution in [3.8, 4) is 0 Å². The average molecular weight is 303 g/mol. The summed E-state index contributed by atoms with van der Waals surface area (Å²) in [4.78, 5) is 10.9.